The summed E-state index contributed by atoms with van der Waals surface area (Å²) < 4.78 is 34.4. The van der Waals surface area contributed by atoms with Gasteiger partial charge in [-0.3, -0.25) is 10.1 Å². The maximum absolute atomic E-state index is 12.6. The number of nitro benzene ring substituents is 1. The van der Waals surface area contributed by atoms with Gasteiger partial charge in [0.1, 0.15) is 11.3 Å². The number of para-hydroxylation sites is 1. The number of hydrogen-bond acceptors (Lipinski definition) is 6. The minimum atomic E-state index is -3.09. The molecule has 2 aromatic rings. The van der Waals surface area contributed by atoms with Gasteiger partial charge >= 0.3 is 18.6 Å². The quantitative estimate of drug-likeness (QED) is 0.211. The molecule has 0 aliphatic carbocycles. The summed E-state index contributed by atoms with van der Waals surface area (Å²) in [7, 11) is 0. The van der Waals surface area contributed by atoms with E-state index in [1.165, 1.54) is 24.3 Å². The summed E-state index contributed by atoms with van der Waals surface area (Å²) in [6, 6.07) is 9.14. The summed E-state index contributed by atoms with van der Waals surface area (Å²) >= 11 is 0. The number of carbonyl (C=O) groups excluding carboxylic acids is 2. The van der Waals surface area contributed by atoms with Crippen molar-refractivity contribution in [3.05, 3.63) is 70.3 Å². The largest absolute Gasteiger partial charge is 0.434 e. The van der Waals surface area contributed by atoms with Gasteiger partial charge in [-0.05, 0) is 23.1 Å². The van der Waals surface area contributed by atoms with Crippen LogP contribution in [0.1, 0.15) is 31.1 Å². The molecule has 2 aromatic carbocycles. The Labute approximate surface area is 171 Å². The molecule has 7 nitrogen and oxygen atoms in total. The smallest absolute Gasteiger partial charge is 0.387 e. The number of benzene rings is 2. The third kappa shape index (κ3) is 5.25. The fourth-order valence-corrected chi connectivity index (χ4v) is 2.43. The molecule has 0 saturated carbocycles. The predicted molar refractivity (Wildman–Crippen MR) is 104 cm³/mol. The highest BCUT2D eigenvalue weighted by Gasteiger charge is 2.29. The van der Waals surface area contributed by atoms with E-state index in [0.717, 1.165) is 12.1 Å². The highest BCUT2D eigenvalue weighted by Crippen LogP contribution is 2.34. The van der Waals surface area contributed by atoms with Crippen molar-refractivity contribution in [3.8, 4) is 16.9 Å². The van der Waals surface area contributed by atoms with Gasteiger partial charge in [0.05, 0.1) is 4.92 Å². The molecule has 30 heavy (non-hydrogen) atoms. The maximum atomic E-state index is 12.6. The highest BCUT2D eigenvalue weighted by atomic mass is 19.3. The molecular formula is C21H19F2NO6. The first kappa shape index (κ1) is 22.7. The van der Waals surface area contributed by atoms with Crippen LogP contribution in [0.3, 0.4) is 0 Å². The molecule has 0 unspecified atom stereocenters. The first-order chi connectivity index (χ1) is 13.9. The first-order valence-corrected chi connectivity index (χ1v) is 8.70. The Morgan fingerprint density at radius 1 is 1.13 bits per heavy atom. The molecular weight excluding hydrogens is 400 g/mol. The molecule has 0 heterocycles. The van der Waals surface area contributed by atoms with Crippen LogP contribution in [0.5, 0.6) is 5.75 Å². The fourth-order valence-electron chi connectivity index (χ4n) is 2.43. The Bertz CT molecular complexity index is 1010. The number of nitro groups is 1. The van der Waals surface area contributed by atoms with Crippen molar-refractivity contribution in [2.24, 2.45) is 5.41 Å². The summed E-state index contributed by atoms with van der Waals surface area (Å²) in [5.41, 5.74) is -1.43. The van der Waals surface area contributed by atoms with E-state index in [-0.39, 0.29) is 22.4 Å². The minimum absolute atomic E-state index is 0.0215. The molecule has 0 aliphatic heterocycles. The van der Waals surface area contributed by atoms with Crippen LogP contribution in [-0.2, 0) is 9.53 Å². The zero-order valence-corrected chi connectivity index (χ0v) is 16.5. The van der Waals surface area contributed by atoms with Crippen LogP contribution in [-0.4, -0.2) is 23.5 Å². The van der Waals surface area contributed by atoms with E-state index >= 15 is 0 Å². The standard InChI is InChI=1S/C21H19F2NO6/c1-12(21(2,3)4)18(25)30-19(26)15-10-9-13(11-16(15)24(27)28)14-7-5-6-8-17(14)29-20(22)23/h5-11,20H,1H2,2-4H3. The second-order valence-corrected chi connectivity index (χ2v) is 7.27. The van der Waals surface area contributed by atoms with Crippen molar-refractivity contribution in [3.63, 3.8) is 0 Å². The van der Waals surface area contributed by atoms with Crippen LogP contribution < -0.4 is 4.74 Å². The molecule has 0 aromatic heterocycles. The predicted octanol–water partition coefficient (Wildman–Crippen LogP) is 5.15. The van der Waals surface area contributed by atoms with E-state index < -0.39 is 40.1 Å². The Morgan fingerprint density at radius 3 is 2.33 bits per heavy atom. The maximum Gasteiger partial charge on any atom is 0.387 e. The molecule has 0 N–H and O–H groups in total. The average Bonchev–Trinajstić information content (AvgIpc) is 2.66. The molecule has 9 heteroatoms. The second-order valence-electron chi connectivity index (χ2n) is 7.27. The lowest BCUT2D eigenvalue weighted by atomic mass is 9.88. The van der Waals surface area contributed by atoms with Crippen LogP contribution in [0.2, 0.25) is 0 Å². The van der Waals surface area contributed by atoms with Gasteiger partial charge in [-0.25, -0.2) is 9.59 Å². The van der Waals surface area contributed by atoms with Crippen molar-refractivity contribution in [2.75, 3.05) is 0 Å². The minimum Gasteiger partial charge on any atom is -0.434 e. The third-order valence-electron chi connectivity index (χ3n) is 4.17. The van der Waals surface area contributed by atoms with Crippen LogP contribution in [0.15, 0.2) is 54.6 Å². The van der Waals surface area contributed by atoms with Crippen LogP contribution in [0, 0.1) is 15.5 Å². The molecule has 2 rings (SSSR count). The lowest BCUT2D eigenvalue weighted by molar-refractivity contribution is -0.385. The SMILES string of the molecule is C=C(C(=O)OC(=O)c1ccc(-c2ccccc2OC(F)F)cc1[N+](=O)[O-])C(C)(C)C. The zero-order chi connectivity index (χ0) is 22.6. The number of halogens is 2. The average molecular weight is 419 g/mol. The summed E-state index contributed by atoms with van der Waals surface area (Å²) in [4.78, 5) is 35.1. The number of carbonyl (C=O) groups is 2. The molecule has 0 spiro atoms. The number of esters is 2. The normalized spacial score (nSPS) is 11.1. The van der Waals surface area contributed by atoms with E-state index in [1.54, 1.807) is 26.8 Å². The van der Waals surface area contributed by atoms with Gasteiger partial charge in [0.25, 0.3) is 5.69 Å². The van der Waals surface area contributed by atoms with E-state index in [9.17, 15) is 28.5 Å². The number of nitrogens with zero attached hydrogens (tertiary/aromatic N) is 1. The lowest BCUT2D eigenvalue weighted by Crippen LogP contribution is -2.22. The Morgan fingerprint density at radius 2 is 1.77 bits per heavy atom. The molecule has 0 amide bonds. The van der Waals surface area contributed by atoms with Crippen molar-refractivity contribution < 1.29 is 32.8 Å². The zero-order valence-electron chi connectivity index (χ0n) is 16.5. The Hall–Kier alpha value is -3.62. The van der Waals surface area contributed by atoms with E-state index in [2.05, 4.69) is 11.3 Å². The van der Waals surface area contributed by atoms with Crippen LogP contribution >= 0.6 is 0 Å². The second kappa shape index (κ2) is 8.81. The van der Waals surface area contributed by atoms with Crippen LogP contribution in [0.25, 0.3) is 11.1 Å². The van der Waals surface area contributed by atoms with Gasteiger partial charge in [0.15, 0.2) is 0 Å². The molecule has 0 bridgehead atoms. The van der Waals surface area contributed by atoms with Gasteiger partial charge in [-0.1, -0.05) is 51.6 Å². The number of alkyl halides is 2. The van der Waals surface area contributed by atoms with Gasteiger partial charge in [0, 0.05) is 17.2 Å². The van der Waals surface area contributed by atoms with E-state index in [1.807, 2.05) is 0 Å². The number of hydrogen-bond donors (Lipinski definition) is 0. The summed E-state index contributed by atoms with van der Waals surface area (Å²) in [5, 5.41) is 11.5. The van der Waals surface area contributed by atoms with Crippen molar-refractivity contribution in [1.82, 2.24) is 0 Å². The molecule has 0 radical (unpaired) electrons. The molecule has 0 saturated heterocycles. The fraction of sp³-hybridized carbons (Fsp3) is 0.238. The third-order valence-corrected chi connectivity index (χ3v) is 4.17. The van der Waals surface area contributed by atoms with Gasteiger partial charge in [-0.15, -0.1) is 0 Å². The summed E-state index contributed by atoms with van der Waals surface area (Å²) in [5.74, 6) is -2.41. The number of ether oxygens (including phenoxy) is 2. The monoisotopic (exact) mass is 419 g/mol. The highest BCUT2D eigenvalue weighted by molar-refractivity contribution is 6.04. The van der Waals surface area contributed by atoms with Crippen molar-refractivity contribution in [2.45, 2.75) is 27.4 Å². The number of rotatable bonds is 6. The molecule has 158 valence electrons. The summed E-state index contributed by atoms with van der Waals surface area (Å²) in [6.45, 7) is 5.57. The lowest BCUT2D eigenvalue weighted by Gasteiger charge is -2.19. The topological polar surface area (TPSA) is 95.7 Å². The van der Waals surface area contributed by atoms with Gasteiger partial charge < -0.3 is 9.47 Å². The molecule has 0 aliphatic rings. The van der Waals surface area contributed by atoms with E-state index in [4.69, 9.17) is 4.74 Å². The Kier molecular flexibility index (Phi) is 6.66. The van der Waals surface area contributed by atoms with Crippen molar-refractivity contribution in [1.29, 1.82) is 0 Å². The van der Waals surface area contributed by atoms with Gasteiger partial charge in [0.2, 0.25) is 0 Å². The summed E-state index contributed by atoms with van der Waals surface area (Å²) in [6.07, 6.45) is 0. The molecule has 0 atom stereocenters. The van der Waals surface area contributed by atoms with E-state index in [0.29, 0.717) is 0 Å². The van der Waals surface area contributed by atoms with Gasteiger partial charge in [-0.2, -0.15) is 8.78 Å². The van der Waals surface area contributed by atoms with Crippen molar-refractivity contribution >= 4 is 17.6 Å². The Balaban J connectivity index is 2.42. The first-order valence-electron chi connectivity index (χ1n) is 8.70. The van der Waals surface area contributed by atoms with Crippen LogP contribution in [0.4, 0.5) is 14.5 Å². The molecule has 0 fully saturated rings.